The molecule has 0 radical (unpaired) electrons. The fourth-order valence-corrected chi connectivity index (χ4v) is 2.93. The van der Waals surface area contributed by atoms with Gasteiger partial charge < -0.3 is 11.1 Å². The van der Waals surface area contributed by atoms with Gasteiger partial charge in [0.2, 0.25) is 0 Å². The van der Waals surface area contributed by atoms with Gasteiger partial charge in [0.05, 0.1) is 0 Å². The SMILES string of the molecule is Cc1ccc(N)cc1C(=O)NC(c1cccc2ccccc12)C(F)(F)F. The van der Waals surface area contributed by atoms with Gasteiger partial charge in [0, 0.05) is 11.3 Å². The van der Waals surface area contributed by atoms with E-state index in [-0.39, 0.29) is 11.1 Å². The number of benzene rings is 3. The van der Waals surface area contributed by atoms with Crippen LogP contribution >= 0.6 is 0 Å². The number of alkyl halides is 3. The summed E-state index contributed by atoms with van der Waals surface area (Å²) >= 11 is 0. The number of carbonyl (C=O) groups excluding carboxylic acids is 1. The van der Waals surface area contributed by atoms with E-state index in [9.17, 15) is 18.0 Å². The number of nitrogens with one attached hydrogen (secondary N) is 1. The molecule has 1 atom stereocenters. The van der Waals surface area contributed by atoms with Gasteiger partial charge in [-0.3, -0.25) is 4.79 Å². The summed E-state index contributed by atoms with van der Waals surface area (Å²) in [5, 5.41) is 3.25. The van der Waals surface area contributed by atoms with Crippen molar-refractivity contribution < 1.29 is 18.0 Å². The van der Waals surface area contributed by atoms with E-state index >= 15 is 0 Å². The van der Waals surface area contributed by atoms with Crippen LogP contribution in [0.4, 0.5) is 18.9 Å². The first kappa shape index (κ1) is 17.8. The van der Waals surface area contributed by atoms with E-state index in [1.807, 2.05) is 0 Å². The standard InChI is InChI=1S/C20H17F3N2O/c1-12-9-10-14(24)11-17(12)19(26)25-18(20(21,22)23)16-8-4-6-13-5-2-3-7-15(13)16/h2-11,18H,24H2,1H3,(H,25,26). The predicted octanol–water partition coefficient (Wildman–Crippen LogP) is 4.76. The molecule has 0 aliphatic carbocycles. The minimum atomic E-state index is -4.64. The van der Waals surface area contributed by atoms with Crippen LogP contribution in [-0.2, 0) is 0 Å². The Bertz CT molecular complexity index is 961. The van der Waals surface area contributed by atoms with Gasteiger partial charge >= 0.3 is 6.18 Å². The number of amides is 1. The Hall–Kier alpha value is -3.02. The second-order valence-electron chi connectivity index (χ2n) is 6.09. The lowest BCUT2D eigenvalue weighted by Crippen LogP contribution is -2.38. The molecule has 3 rings (SSSR count). The highest BCUT2D eigenvalue weighted by Crippen LogP contribution is 2.36. The van der Waals surface area contributed by atoms with Crippen LogP contribution in [0.5, 0.6) is 0 Å². The molecule has 0 spiro atoms. The molecule has 1 unspecified atom stereocenters. The van der Waals surface area contributed by atoms with Gasteiger partial charge in [0.1, 0.15) is 0 Å². The van der Waals surface area contributed by atoms with E-state index in [0.717, 1.165) is 0 Å². The Morgan fingerprint density at radius 2 is 1.73 bits per heavy atom. The third kappa shape index (κ3) is 3.49. The van der Waals surface area contributed by atoms with Gasteiger partial charge in [0.15, 0.2) is 6.04 Å². The van der Waals surface area contributed by atoms with Crippen LogP contribution in [0.25, 0.3) is 10.8 Å². The highest BCUT2D eigenvalue weighted by atomic mass is 19.4. The number of anilines is 1. The third-order valence-electron chi connectivity index (χ3n) is 4.24. The average molecular weight is 358 g/mol. The highest BCUT2D eigenvalue weighted by molar-refractivity contribution is 5.97. The molecule has 0 aliphatic heterocycles. The molecule has 0 bridgehead atoms. The van der Waals surface area contributed by atoms with E-state index < -0.39 is 18.1 Å². The molecule has 3 N–H and O–H groups in total. The molecule has 0 saturated carbocycles. The largest absolute Gasteiger partial charge is 0.412 e. The van der Waals surface area contributed by atoms with Crippen LogP contribution in [0, 0.1) is 6.92 Å². The van der Waals surface area contributed by atoms with Crippen molar-refractivity contribution in [2.24, 2.45) is 0 Å². The fourth-order valence-electron chi connectivity index (χ4n) is 2.93. The molecule has 6 heteroatoms. The lowest BCUT2D eigenvalue weighted by molar-refractivity contribution is -0.154. The number of fused-ring (bicyclic) bond motifs is 1. The van der Waals surface area contributed by atoms with Crippen LogP contribution in [0.1, 0.15) is 27.5 Å². The summed E-state index contributed by atoms with van der Waals surface area (Å²) in [4.78, 5) is 12.5. The first-order valence-electron chi connectivity index (χ1n) is 7.99. The molecule has 0 aromatic heterocycles. The van der Waals surface area contributed by atoms with Crippen molar-refractivity contribution in [3.63, 3.8) is 0 Å². The highest BCUT2D eigenvalue weighted by Gasteiger charge is 2.42. The Balaban J connectivity index is 2.05. The van der Waals surface area contributed by atoms with Crippen molar-refractivity contribution in [1.82, 2.24) is 5.32 Å². The van der Waals surface area contributed by atoms with Crippen molar-refractivity contribution in [3.8, 4) is 0 Å². The number of halogens is 3. The Labute approximate surface area is 148 Å². The second kappa shape index (κ2) is 6.71. The van der Waals surface area contributed by atoms with Gasteiger partial charge in [-0.25, -0.2) is 0 Å². The zero-order chi connectivity index (χ0) is 18.9. The van der Waals surface area contributed by atoms with Gasteiger partial charge in [-0.2, -0.15) is 13.2 Å². The quantitative estimate of drug-likeness (QED) is 0.663. The number of aryl methyl sites for hydroxylation is 1. The number of rotatable bonds is 3. The molecule has 3 aromatic carbocycles. The van der Waals surface area contributed by atoms with E-state index in [4.69, 9.17) is 5.73 Å². The van der Waals surface area contributed by atoms with Gasteiger partial charge in [-0.05, 0) is 41.0 Å². The minimum Gasteiger partial charge on any atom is -0.399 e. The molecule has 3 aromatic rings. The van der Waals surface area contributed by atoms with Crippen LogP contribution in [0.3, 0.4) is 0 Å². The smallest absolute Gasteiger partial charge is 0.399 e. The summed E-state index contributed by atoms with van der Waals surface area (Å²) < 4.78 is 41.3. The van der Waals surface area contributed by atoms with Gasteiger partial charge in [-0.1, -0.05) is 48.5 Å². The molecule has 3 nitrogen and oxygen atoms in total. The zero-order valence-electron chi connectivity index (χ0n) is 14.0. The lowest BCUT2D eigenvalue weighted by Gasteiger charge is -2.24. The number of nitrogens with two attached hydrogens (primary N) is 1. The number of nitrogen functional groups attached to an aromatic ring is 1. The number of hydrogen-bond acceptors (Lipinski definition) is 2. The van der Waals surface area contributed by atoms with Crippen molar-refractivity contribution in [3.05, 3.63) is 77.4 Å². The summed E-state index contributed by atoms with van der Waals surface area (Å²) in [6.45, 7) is 1.65. The van der Waals surface area contributed by atoms with Crippen LogP contribution in [0.2, 0.25) is 0 Å². The fraction of sp³-hybridized carbons (Fsp3) is 0.150. The second-order valence-corrected chi connectivity index (χ2v) is 6.09. The first-order valence-corrected chi connectivity index (χ1v) is 7.99. The maximum atomic E-state index is 13.8. The van der Waals surface area contributed by atoms with E-state index in [2.05, 4.69) is 5.32 Å². The summed E-state index contributed by atoms with van der Waals surface area (Å²) in [6.07, 6.45) is -4.64. The number of carbonyl (C=O) groups is 1. The van der Waals surface area contributed by atoms with Crippen molar-refractivity contribution in [2.75, 3.05) is 5.73 Å². The molecule has 134 valence electrons. The van der Waals surface area contributed by atoms with E-state index in [1.165, 1.54) is 12.1 Å². The van der Waals surface area contributed by atoms with Crippen LogP contribution in [-0.4, -0.2) is 12.1 Å². The molecule has 26 heavy (non-hydrogen) atoms. The lowest BCUT2D eigenvalue weighted by atomic mass is 9.97. The molecule has 0 fully saturated rings. The van der Waals surface area contributed by atoms with Crippen molar-refractivity contribution in [1.29, 1.82) is 0 Å². The first-order chi connectivity index (χ1) is 12.3. The van der Waals surface area contributed by atoms with Gasteiger partial charge in [-0.15, -0.1) is 0 Å². The summed E-state index contributed by atoms with van der Waals surface area (Å²) in [6, 6.07) is 13.9. The summed E-state index contributed by atoms with van der Waals surface area (Å²) in [5.41, 5.74) is 6.66. The zero-order valence-corrected chi connectivity index (χ0v) is 14.0. The third-order valence-corrected chi connectivity index (χ3v) is 4.24. The summed E-state index contributed by atoms with van der Waals surface area (Å²) in [5.74, 6) is -0.815. The molecule has 0 heterocycles. The van der Waals surface area contributed by atoms with Crippen LogP contribution in [0.15, 0.2) is 60.7 Å². The number of hydrogen-bond donors (Lipinski definition) is 2. The van der Waals surface area contributed by atoms with Crippen molar-refractivity contribution >= 4 is 22.4 Å². The van der Waals surface area contributed by atoms with Crippen LogP contribution < -0.4 is 11.1 Å². The molecular formula is C20H17F3N2O. The summed E-state index contributed by atoms with van der Waals surface area (Å²) in [7, 11) is 0. The normalized spacial score (nSPS) is 12.8. The Morgan fingerprint density at radius 1 is 1.04 bits per heavy atom. The molecule has 0 aliphatic rings. The maximum Gasteiger partial charge on any atom is 0.412 e. The monoisotopic (exact) mass is 358 g/mol. The van der Waals surface area contributed by atoms with Gasteiger partial charge in [0.25, 0.3) is 5.91 Å². The molecule has 0 saturated heterocycles. The maximum absolute atomic E-state index is 13.8. The predicted molar refractivity (Wildman–Crippen MR) is 95.8 cm³/mol. The topological polar surface area (TPSA) is 55.1 Å². The minimum absolute atomic E-state index is 0.00510. The van der Waals surface area contributed by atoms with Crippen molar-refractivity contribution in [2.45, 2.75) is 19.1 Å². The average Bonchev–Trinajstić information content (AvgIpc) is 2.60. The molecule has 1 amide bonds. The van der Waals surface area contributed by atoms with E-state index in [0.29, 0.717) is 22.0 Å². The Kier molecular flexibility index (Phi) is 4.59. The molecular weight excluding hydrogens is 341 g/mol. The Morgan fingerprint density at radius 3 is 2.46 bits per heavy atom. The van der Waals surface area contributed by atoms with E-state index in [1.54, 1.807) is 55.5 Å².